The van der Waals surface area contributed by atoms with Crippen LogP contribution in [-0.2, 0) is 0 Å². The Morgan fingerprint density at radius 1 is 1.18 bits per heavy atom. The zero-order valence-electron chi connectivity index (χ0n) is 7.29. The van der Waals surface area contributed by atoms with Crippen LogP contribution in [-0.4, -0.2) is 16.3 Å². The van der Waals surface area contributed by atoms with Crippen LogP contribution in [0.1, 0.15) is 22.8 Å². The summed E-state index contributed by atoms with van der Waals surface area (Å²) in [4.78, 5) is 0. The summed E-state index contributed by atoms with van der Waals surface area (Å²) in [5.74, 6) is 0. The Hall–Kier alpha value is 0.0425. The van der Waals surface area contributed by atoms with Gasteiger partial charge in [0.05, 0.1) is 0 Å². The van der Waals surface area contributed by atoms with Crippen molar-refractivity contribution in [3.05, 3.63) is 35.4 Å². The fourth-order valence-electron chi connectivity index (χ4n) is 0.951. The van der Waals surface area contributed by atoms with E-state index in [0.717, 1.165) is 4.78 Å². The van der Waals surface area contributed by atoms with E-state index < -0.39 is 0 Å². The van der Waals surface area contributed by atoms with E-state index in [1.54, 1.807) is 0 Å². The van der Waals surface area contributed by atoms with E-state index in [2.05, 4.69) is 38.1 Å². The molecule has 0 heterocycles. The van der Waals surface area contributed by atoms with Crippen LogP contribution in [0.25, 0.3) is 0 Å². The number of hydrogen-bond donors (Lipinski definition) is 0. The lowest BCUT2D eigenvalue weighted by molar-refractivity contribution is 1.08. The van der Waals surface area contributed by atoms with Gasteiger partial charge in [-0.2, -0.15) is 0 Å². The Bertz CT molecular complexity index is 203. The van der Waals surface area contributed by atoms with Gasteiger partial charge >= 0.3 is 0 Å². The lowest BCUT2D eigenvalue weighted by Gasteiger charge is -2.03. The first kappa shape index (κ1) is 11.0. The molecular weight excluding hydrogens is 171 g/mol. The number of rotatable bonds is 1. The number of aryl methyl sites for hydroxylation is 1. The molecule has 1 rings (SSSR count). The molecule has 0 bridgehead atoms. The third-order valence-corrected chi connectivity index (χ3v) is 2.41. The maximum Gasteiger partial charge on any atom is 0.222 e. The maximum absolute atomic E-state index is 2.27. The van der Waals surface area contributed by atoms with E-state index in [4.69, 9.17) is 0 Å². The van der Waals surface area contributed by atoms with Crippen molar-refractivity contribution in [2.45, 2.75) is 18.6 Å². The van der Waals surface area contributed by atoms with Gasteiger partial charge in [-0.15, -0.1) is 12.4 Å². The van der Waals surface area contributed by atoms with E-state index in [9.17, 15) is 0 Å². The van der Waals surface area contributed by atoms with E-state index in [1.807, 2.05) is 0 Å². The molecule has 0 aliphatic rings. The molecule has 0 saturated carbocycles. The number of benzene rings is 1. The molecular formula is C9H14AlCl. The molecule has 2 heteroatoms. The molecule has 0 fully saturated rings. The molecule has 0 radical (unpaired) electrons. The minimum Gasteiger partial charge on any atom is -0.147 e. The van der Waals surface area contributed by atoms with Gasteiger partial charge in [0.15, 0.2) is 0 Å². The third kappa shape index (κ3) is 3.29. The average molecular weight is 185 g/mol. The van der Waals surface area contributed by atoms with Crippen molar-refractivity contribution < 1.29 is 0 Å². The second kappa shape index (κ2) is 4.83. The molecule has 0 amide bonds. The van der Waals surface area contributed by atoms with Crippen LogP contribution in [0.15, 0.2) is 24.3 Å². The molecule has 60 valence electrons. The number of halogens is 1. The summed E-state index contributed by atoms with van der Waals surface area (Å²) in [5.41, 5.74) is 2.84. The van der Waals surface area contributed by atoms with Gasteiger partial charge in [0.1, 0.15) is 0 Å². The van der Waals surface area contributed by atoms with Crippen LogP contribution >= 0.6 is 12.4 Å². The van der Waals surface area contributed by atoms with E-state index in [1.165, 1.54) is 27.4 Å². The Morgan fingerprint density at radius 2 is 1.64 bits per heavy atom. The highest BCUT2D eigenvalue weighted by atomic mass is 35.5. The van der Waals surface area contributed by atoms with Gasteiger partial charge in [0.2, 0.25) is 16.3 Å². The van der Waals surface area contributed by atoms with Crippen molar-refractivity contribution in [3.63, 3.8) is 0 Å². The maximum atomic E-state index is 2.27. The first-order chi connectivity index (χ1) is 4.70. The molecule has 0 aliphatic heterocycles. The Morgan fingerprint density at radius 3 is 2.00 bits per heavy atom. The van der Waals surface area contributed by atoms with Crippen molar-refractivity contribution in [1.29, 1.82) is 0 Å². The summed E-state index contributed by atoms with van der Waals surface area (Å²) in [6.45, 7) is 4.40. The van der Waals surface area contributed by atoms with Crippen LogP contribution in [0.5, 0.6) is 0 Å². The average Bonchev–Trinajstić information content (AvgIpc) is 1.88. The first-order valence-corrected chi connectivity index (χ1v) is 4.92. The predicted octanol–water partition coefficient (Wildman–Crippen LogP) is 2.11. The van der Waals surface area contributed by atoms with Crippen LogP contribution in [0.3, 0.4) is 0 Å². The highest BCUT2D eigenvalue weighted by molar-refractivity contribution is 6.12. The lowest BCUT2D eigenvalue weighted by Crippen LogP contribution is -1.90. The summed E-state index contributed by atoms with van der Waals surface area (Å²) in [6, 6.07) is 8.83. The molecule has 1 aromatic carbocycles. The van der Waals surface area contributed by atoms with Gasteiger partial charge in [0, 0.05) is 0 Å². The van der Waals surface area contributed by atoms with E-state index in [-0.39, 0.29) is 12.4 Å². The van der Waals surface area contributed by atoms with Gasteiger partial charge in [-0.3, -0.25) is 0 Å². The monoisotopic (exact) mass is 184 g/mol. The second-order valence-corrected chi connectivity index (χ2v) is 4.80. The highest BCUT2D eigenvalue weighted by Gasteiger charge is 1.95. The Kier molecular flexibility index (Phi) is 4.85. The van der Waals surface area contributed by atoms with Gasteiger partial charge in [-0.25, -0.2) is 0 Å². The first-order valence-electron chi connectivity index (χ1n) is 3.76. The number of hydrogen-bond acceptors (Lipinski definition) is 0. The largest absolute Gasteiger partial charge is 0.222 e. The zero-order chi connectivity index (χ0) is 7.56. The molecule has 0 saturated heterocycles. The summed E-state index contributed by atoms with van der Waals surface area (Å²) in [7, 11) is 0. The topological polar surface area (TPSA) is 0 Å². The van der Waals surface area contributed by atoms with Crippen molar-refractivity contribution in [1.82, 2.24) is 0 Å². The van der Waals surface area contributed by atoms with Crippen molar-refractivity contribution in [3.8, 4) is 0 Å². The molecule has 0 aliphatic carbocycles. The fraction of sp³-hybridized carbons (Fsp3) is 0.333. The van der Waals surface area contributed by atoms with Crippen molar-refractivity contribution in [2.75, 3.05) is 0 Å². The van der Waals surface area contributed by atoms with Crippen LogP contribution < -0.4 is 0 Å². The zero-order valence-corrected chi connectivity index (χ0v) is 10.1. The van der Waals surface area contributed by atoms with Gasteiger partial charge in [-0.1, -0.05) is 47.1 Å². The Balaban J connectivity index is 0.000001000. The van der Waals surface area contributed by atoms with Gasteiger partial charge in [-0.05, 0) is 6.92 Å². The smallest absolute Gasteiger partial charge is 0.147 e. The molecule has 0 aromatic heterocycles. The third-order valence-electron chi connectivity index (χ3n) is 1.74. The molecule has 0 nitrogen and oxygen atoms in total. The standard InChI is InChI=1S/C9H11.Al.ClH.2H/c1-3-9-6-4-8(2)5-7-9;;;;/h3-7H,1-2H3;;1H;;. The van der Waals surface area contributed by atoms with E-state index in [0.29, 0.717) is 0 Å². The fourth-order valence-corrected chi connectivity index (χ4v) is 1.34. The summed E-state index contributed by atoms with van der Waals surface area (Å²) in [5, 5.41) is 0. The minimum absolute atomic E-state index is 0. The van der Waals surface area contributed by atoms with Crippen molar-refractivity contribution >= 4 is 28.7 Å². The molecule has 1 aromatic rings. The SMILES string of the molecule is Cc1ccc([CH](C)[AlH2])cc1.Cl. The Labute approximate surface area is 82.8 Å². The van der Waals surface area contributed by atoms with Crippen LogP contribution in [0.2, 0.25) is 0 Å². The molecule has 0 N–H and O–H groups in total. The van der Waals surface area contributed by atoms with Crippen LogP contribution in [0, 0.1) is 6.92 Å². The van der Waals surface area contributed by atoms with Gasteiger partial charge < -0.3 is 0 Å². The van der Waals surface area contributed by atoms with Crippen LogP contribution in [0.4, 0.5) is 0 Å². The quantitative estimate of drug-likeness (QED) is 0.587. The molecule has 1 atom stereocenters. The summed E-state index contributed by atoms with van der Waals surface area (Å²) in [6.07, 6.45) is 0. The lowest BCUT2D eigenvalue weighted by atomic mass is 10.1. The molecule has 1 unspecified atom stereocenters. The molecule has 0 spiro atoms. The van der Waals surface area contributed by atoms with Gasteiger partial charge in [0.25, 0.3) is 0 Å². The summed E-state index contributed by atoms with van der Waals surface area (Å²) >= 11 is 1.25. The molecule has 11 heavy (non-hydrogen) atoms. The predicted molar refractivity (Wildman–Crippen MR) is 55.4 cm³/mol. The second-order valence-electron chi connectivity index (χ2n) is 3.07. The van der Waals surface area contributed by atoms with E-state index >= 15 is 0 Å². The normalized spacial score (nSPS) is 11.8. The minimum atomic E-state index is 0. The van der Waals surface area contributed by atoms with Crippen molar-refractivity contribution in [2.24, 2.45) is 0 Å². The summed E-state index contributed by atoms with van der Waals surface area (Å²) < 4.78 is 0.792. The highest BCUT2D eigenvalue weighted by Crippen LogP contribution is 2.11.